The molecule has 0 radical (unpaired) electrons. The fraction of sp³-hybridized carbons (Fsp3) is 0.425. The zero-order valence-corrected chi connectivity index (χ0v) is 30.9. The highest BCUT2D eigenvalue weighted by molar-refractivity contribution is 7.99. The van der Waals surface area contributed by atoms with Crippen molar-refractivity contribution in [3.63, 3.8) is 0 Å². The van der Waals surface area contributed by atoms with Crippen LogP contribution >= 0.6 is 11.8 Å². The summed E-state index contributed by atoms with van der Waals surface area (Å²) in [4.78, 5) is 52.1. The van der Waals surface area contributed by atoms with Gasteiger partial charge < -0.3 is 21.1 Å². The number of β-amino-alcohol motifs (C(OH)–C–C–N with tert-alkyl or cyclic N) is 1. The molecule has 1 saturated heterocycles. The second-order valence-electron chi connectivity index (χ2n) is 14.6. The molecule has 51 heavy (non-hydrogen) atoms. The summed E-state index contributed by atoms with van der Waals surface area (Å²) in [6.45, 7) is 10.4. The molecule has 10 nitrogen and oxygen atoms in total. The molecule has 270 valence electrons. The van der Waals surface area contributed by atoms with E-state index in [4.69, 9.17) is 0 Å². The molecule has 2 aromatic heterocycles. The first-order chi connectivity index (χ1) is 24.4. The minimum atomic E-state index is -1.01. The summed E-state index contributed by atoms with van der Waals surface area (Å²) in [5.41, 5.74) is 1.43. The third kappa shape index (κ3) is 10.8. The minimum Gasteiger partial charge on any atom is -0.390 e. The third-order valence-corrected chi connectivity index (χ3v) is 10.2. The molecule has 2 aromatic carbocycles. The number of aliphatic hydroxyl groups is 1. The zero-order chi connectivity index (χ0) is 36.5. The van der Waals surface area contributed by atoms with E-state index in [1.807, 2.05) is 118 Å². The quantitative estimate of drug-likeness (QED) is 0.152. The first-order valence-electron chi connectivity index (χ1n) is 17.7. The predicted octanol–water partition coefficient (Wildman–Crippen LogP) is 5.01. The van der Waals surface area contributed by atoms with Gasteiger partial charge in [-0.3, -0.25) is 19.3 Å². The Kier molecular flexibility index (Phi) is 12.8. The highest BCUT2D eigenvalue weighted by atomic mass is 32.2. The van der Waals surface area contributed by atoms with E-state index in [-0.39, 0.29) is 29.3 Å². The number of amides is 3. The average Bonchev–Trinajstić information content (AvgIpc) is 3.10. The molecule has 1 fully saturated rings. The molecule has 1 aliphatic heterocycles. The number of hydrogen-bond acceptors (Lipinski definition) is 8. The topological polar surface area (TPSA) is 137 Å². The fourth-order valence-corrected chi connectivity index (χ4v) is 7.48. The van der Waals surface area contributed by atoms with Gasteiger partial charge in [0.2, 0.25) is 11.8 Å². The Morgan fingerprint density at radius 3 is 2.37 bits per heavy atom. The van der Waals surface area contributed by atoms with Crippen molar-refractivity contribution >= 4 is 40.4 Å². The molecular weight excluding hydrogens is 661 g/mol. The van der Waals surface area contributed by atoms with E-state index in [2.05, 4.69) is 25.9 Å². The summed E-state index contributed by atoms with van der Waals surface area (Å²) >= 11 is 1.67. The highest BCUT2D eigenvalue weighted by Gasteiger charge is 2.38. The molecule has 0 bridgehead atoms. The number of piperidine rings is 1. The number of nitrogens with zero attached hydrogens (tertiary/aromatic N) is 3. The predicted molar refractivity (Wildman–Crippen MR) is 202 cm³/mol. The second-order valence-corrected chi connectivity index (χ2v) is 16.0. The van der Waals surface area contributed by atoms with Gasteiger partial charge in [0.25, 0.3) is 5.91 Å². The molecule has 11 heteroatoms. The molecule has 4 N–H and O–H groups in total. The van der Waals surface area contributed by atoms with Crippen molar-refractivity contribution in [3.8, 4) is 0 Å². The van der Waals surface area contributed by atoms with Crippen molar-refractivity contribution in [1.29, 1.82) is 0 Å². The SMILES string of the molecule is CC(C)[C@H](NC(=O)c1ccc2ccccc2n1)C(=O)N[C@@H](Cc1ccccc1)[C@H](O)CN1CC[C@@H](Sc2ccccn2)CC1C(=O)NC(C)(C)C. The van der Waals surface area contributed by atoms with Crippen LogP contribution in [0.15, 0.2) is 96.2 Å². The summed E-state index contributed by atoms with van der Waals surface area (Å²) in [5, 5.41) is 23.0. The van der Waals surface area contributed by atoms with Crippen LogP contribution in [0.3, 0.4) is 0 Å². The normalized spacial score (nSPS) is 18.5. The van der Waals surface area contributed by atoms with Crippen LogP contribution in [0.4, 0.5) is 0 Å². The smallest absolute Gasteiger partial charge is 0.270 e. The van der Waals surface area contributed by atoms with Gasteiger partial charge >= 0.3 is 0 Å². The van der Waals surface area contributed by atoms with Gasteiger partial charge in [-0.15, -0.1) is 11.8 Å². The molecule has 0 spiro atoms. The van der Waals surface area contributed by atoms with Gasteiger partial charge in [-0.1, -0.05) is 74.5 Å². The average molecular weight is 711 g/mol. The van der Waals surface area contributed by atoms with E-state index in [1.54, 1.807) is 24.0 Å². The number of nitrogens with one attached hydrogen (secondary N) is 3. The van der Waals surface area contributed by atoms with Gasteiger partial charge in [0, 0.05) is 35.5 Å². The van der Waals surface area contributed by atoms with Crippen LogP contribution in [0.1, 0.15) is 63.5 Å². The van der Waals surface area contributed by atoms with Crippen LogP contribution < -0.4 is 16.0 Å². The Labute approximate surface area is 305 Å². The van der Waals surface area contributed by atoms with E-state index in [0.717, 1.165) is 22.4 Å². The number of benzene rings is 2. The summed E-state index contributed by atoms with van der Waals surface area (Å²) in [7, 11) is 0. The molecule has 5 atom stereocenters. The van der Waals surface area contributed by atoms with Gasteiger partial charge in [-0.2, -0.15) is 0 Å². The highest BCUT2D eigenvalue weighted by Crippen LogP contribution is 2.32. The van der Waals surface area contributed by atoms with Crippen LogP contribution in [-0.4, -0.2) is 85.8 Å². The maximum Gasteiger partial charge on any atom is 0.270 e. The molecule has 3 amide bonds. The van der Waals surface area contributed by atoms with Crippen molar-refractivity contribution in [2.75, 3.05) is 13.1 Å². The lowest BCUT2D eigenvalue weighted by molar-refractivity contribution is -0.130. The Morgan fingerprint density at radius 1 is 0.941 bits per heavy atom. The lowest BCUT2D eigenvalue weighted by atomic mass is 9.95. The first kappa shape index (κ1) is 37.9. The third-order valence-electron chi connectivity index (χ3n) is 8.97. The maximum atomic E-state index is 14.0. The minimum absolute atomic E-state index is 0.0884. The van der Waals surface area contributed by atoms with E-state index in [9.17, 15) is 19.5 Å². The number of aliphatic hydroxyl groups excluding tert-OH is 1. The van der Waals surface area contributed by atoms with Crippen LogP contribution in [-0.2, 0) is 16.0 Å². The number of aromatic nitrogens is 2. The number of para-hydroxylation sites is 1. The van der Waals surface area contributed by atoms with Crippen molar-refractivity contribution < 1.29 is 19.5 Å². The summed E-state index contributed by atoms with van der Waals surface area (Å²) < 4.78 is 0. The number of likely N-dealkylation sites (tertiary alicyclic amines) is 1. The number of carbonyl (C=O) groups is 3. The van der Waals surface area contributed by atoms with Crippen molar-refractivity contribution in [1.82, 2.24) is 30.8 Å². The van der Waals surface area contributed by atoms with Crippen LogP contribution in [0, 0.1) is 5.92 Å². The van der Waals surface area contributed by atoms with E-state index in [0.29, 0.717) is 24.9 Å². The largest absolute Gasteiger partial charge is 0.390 e. The summed E-state index contributed by atoms with van der Waals surface area (Å²) in [6.07, 6.45) is 2.53. The maximum absolute atomic E-state index is 14.0. The van der Waals surface area contributed by atoms with Gasteiger partial charge in [0.05, 0.1) is 28.7 Å². The Morgan fingerprint density at radius 2 is 1.67 bits per heavy atom. The Balaban J connectivity index is 1.33. The number of pyridine rings is 2. The number of hydrogen-bond donors (Lipinski definition) is 4. The van der Waals surface area contributed by atoms with Crippen LogP contribution in [0.5, 0.6) is 0 Å². The molecule has 0 aliphatic carbocycles. The van der Waals surface area contributed by atoms with Crippen molar-refractivity contribution in [2.24, 2.45) is 5.92 Å². The van der Waals surface area contributed by atoms with Gasteiger partial charge in [-0.25, -0.2) is 9.97 Å². The lowest BCUT2D eigenvalue weighted by Gasteiger charge is -2.41. The standard InChI is InChI=1S/C40H50N6O4S/c1-26(2)36(44-37(48)31-19-18-28-15-9-10-16-30(28)42-31)39(50)43-32(23-27-13-7-6-8-14-27)34(47)25-46-22-20-29(51-35-17-11-12-21-41-35)24-33(46)38(49)45-40(3,4)5/h6-19,21,26,29,32-34,36,47H,20,22-25H2,1-5H3,(H,43,50)(H,44,48)(H,45,49)/t29-,32+,33?,34-,36+/m1/s1. The molecule has 1 aliphatic rings. The Bertz CT molecular complexity index is 1770. The zero-order valence-electron chi connectivity index (χ0n) is 30.1. The van der Waals surface area contributed by atoms with Crippen LogP contribution in [0.2, 0.25) is 0 Å². The van der Waals surface area contributed by atoms with E-state index >= 15 is 0 Å². The van der Waals surface area contributed by atoms with Crippen LogP contribution in [0.25, 0.3) is 10.9 Å². The number of carbonyl (C=O) groups excluding carboxylic acids is 3. The Hall–Kier alpha value is -4.32. The number of rotatable bonds is 13. The van der Waals surface area contributed by atoms with E-state index in [1.165, 1.54) is 0 Å². The monoisotopic (exact) mass is 710 g/mol. The van der Waals surface area contributed by atoms with Crippen molar-refractivity contribution in [2.45, 2.75) is 93.9 Å². The summed E-state index contributed by atoms with van der Waals surface area (Å²) in [6, 6.07) is 24.5. The summed E-state index contributed by atoms with van der Waals surface area (Å²) in [5.74, 6) is -1.18. The van der Waals surface area contributed by atoms with Crippen molar-refractivity contribution in [3.05, 3.63) is 102 Å². The fourth-order valence-electron chi connectivity index (χ4n) is 6.35. The molecule has 3 heterocycles. The number of thioether (sulfide) groups is 1. The molecule has 1 unspecified atom stereocenters. The molecule has 4 aromatic rings. The second kappa shape index (κ2) is 17.3. The van der Waals surface area contributed by atoms with E-state index < -0.39 is 41.6 Å². The number of fused-ring (bicyclic) bond motifs is 1. The van der Waals surface area contributed by atoms with Gasteiger partial charge in [0.15, 0.2) is 0 Å². The molecule has 5 rings (SSSR count). The van der Waals surface area contributed by atoms with Gasteiger partial charge in [-0.05, 0) is 75.8 Å². The van der Waals surface area contributed by atoms with Gasteiger partial charge in [0.1, 0.15) is 11.7 Å². The molecular formula is C40H50N6O4S. The molecule has 0 saturated carbocycles. The lowest BCUT2D eigenvalue weighted by Crippen LogP contribution is -2.60. The first-order valence-corrected chi connectivity index (χ1v) is 18.6.